The van der Waals surface area contributed by atoms with Gasteiger partial charge in [-0.3, -0.25) is 4.79 Å². The van der Waals surface area contributed by atoms with Gasteiger partial charge in [0.15, 0.2) is 0 Å². The minimum atomic E-state index is 0.394. The van der Waals surface area contributed by atoms with Crippen molar-refractivity contribution in [2.45, 2.75) is 25.3 Å². The molecule has 1 radical (unpaired) electrons. The van der Waals surface area contributed by atoms with Gasteiger partial charge in [-0.05, 0) is 12.8 Å². The van der Waals surface area contributed by atoms with Crippen LogP contribution in [0.1, 0.15) is 19.3 Å². The lowest BCUT2D eigenvalue weighted by Crippen LogP contribution is -2.24. The molecule has 1 aliphatic carbocycles. The third-order valence-corrected chi connectivity index (χ3v) is 1.57. The quantitative estimate of drug-likeness (QED) is 0.527. The molecule has 0 aromatic carbocycles. The van der Waals surface area contributed by atoms with Crippen molar-refractivity contribution in [3.05, 3.63) is 0 Å². The number of carbonyl (C=O) groups excluding carboxylic acids is 1. The zero-order valence-corrected chi connectivity index (χ0v) is 5.71. The van der Waals surface area contributed by atoms with Crippen LogP contribution in [0.25, 0.3) is 0 Å². The molecule has 0 saturated heterocycles. The van der Waals surface area contributed by atoms with Gasteiger partial charge >= 0.3 is 6.41 Å². The first-order valence-electron chi connectivity index (χ1n) is 3.40. The van der Waals surface area contributed by atoms with E-state index >= 15 is 0 Å². The van der Waals surface area contributed by atoms with Crippen LogP contribution in [0, 0.1) is 11.3 Å². The third-order valence-electron chi connectivity index (χ3n) is 1.57. The molecule has 0 unspecified atom stereocenters. The van der Waals surface area contributed by atoms with Crippen LogP contribution in [-0.4, -0.2) is 23.9 Å². The molecule has 3 heteroatoms. The first-order chi connectivity index (χ1) is 4.88. The number of hydrogen-bond donors (Lipinski definition) is 0. The van der Waals surface area contributed by atoms with Gasteiger partial charge in [-0.2, -0.15) is 5.26 Å². The molecule has 0 aliphatic heterocycles. The maximum atomic E-state index is 10.2. The van der Waals surface area contributed by atoms with Gasteiger partial charge in [0.1, 0.15) is 0 Å². The van der Waals surface area contributed by atoms with Gasteiger partial charge in [-0.15, -0.1) is 0 Å². The van der Waals surface area contributed by atoms with E-state index < -0.39 is 0 Å². The number of rotatable bonds is 4. The molecule has 0 spiro atoms. The summed E-state index contributed by atoms with van der Waals surface area (Å²) >= 11 is 0. The van der Waals surface area contributed by atoms with Gasteiger partial charge in [0, 0.05) is 12.6 Å². The average molecular weight is 137 g/mol. The van der Waals surface area contributed by atoms with E-state index in [-0.39, 0.29) is 0 Å². The Morgan fingerprint density at radius 3 is 2.70 bits per heavy atom. The standard InChI is InChI=1S/C7H9N2O/c8-4-1-5-9(6-10)7-2-3-7/h7H,1-3,5H2. The van der Waals surface area contributed by atoms with E-state index in [1.807, 2.05) is 12.5 Å². The van der Waals surface area contributed by atoms with E-state index in [2.05, 4.69) is 0 Å². The summed E-state index contributed by atoms with van der Waals surface area (Å²) in [6, 6.07) is 2.39. The Hall–Kier alpha value is -1.04. The highest BCUT2D eigenvalue weighted by atomic mass is 16.1. The van der Waals surface area contributed by atoms with Gasteiger partial charge < -0.3 is 4.90 Å². The molecule has 0 aromatic rings. The lowest BCUT2D eigenvalue weighted by molar-refractivity contribution is 0.378. The summed E-state index contributed by atoms with van der Waals surface area (Å²) in [5.74, 6) is 0. The molecule has 1 saturated carbocycles. The molecule has 1 rings (SSSR count). The van der Waals surface area contributed by atoms with Crippen LogP contribution >= 0.6 is 0 Å². The summed E-state index contributed by atoms with van der Waals surface area (Å²) in [5, 5.41) is 8.21. The third kappa shape index (κ3) is 1.73. The molecule has 10 heavy (non-hydrogen) atoms. The highest BCUT2D eigenvalue weighted by molar-refractivity contribution is 5.49. The Kier molecular flexibility index (Phi) is 2.27. The Bertz CT molecular complexity index is 157. The summed E-state index contributed by atoms with van der Waals surface area (Å²) < 4.78 is 0. The van der Waals surface area contributed by atoms with Crippen molar-refractivity contribution in [3.8, 4) is 6.07 Å². The molecule has 1 fully saturated rings. The molecular weight excluding hydrogens is 128 g/mol. The molecule has 0 N–H and O–H groups in total. The van der Waals surface area contributed by atoms with Gasteiger partial charge in [0.25, 0.3) is 0 Å². The average Bonchev–Trinajstić information content (AvgIpc) is 2.73. The normalized spacial score (nSPS) is 15.9. The van der Waals surface area contributed by atoms with Crippen molar-refractivity contribution < 1.29 is 4.79 Å². The van der Waals surface area contributed by atoms with Crippen molar-refractivity contribution in [2.24, 2.45) is 0 Å². The lowest BCUT2D eigenvalue weighted by Gasteiger charge is -2.11. The molecule has 3 nitrogen and oxygen atoms in total. The van der Waals surface area contributed by atoms with Crippen molar-refractivity contribution >= 4 is 6.41 Å². The van der Waals surface area contributed by atoms with Gasteiger partial charge in [-0.25, -0.2) is 0 Å². The predicted molar refractivity (Wildman–Crippen MR) is 35.7 cm³/mol. The van der Waals surface area contributed by atoms with Crippen LogP contribution in [0.5, 0.6) is 0 Å². The van der Waals surface area contributed by atoms with Crippen LogP contribution in [0.15, 0.2) is 0 Å². The number of amides is 1. The molecule has 0 aromatic heterocycles. The highest BCUT2D eigenvalue weighted by Crippen LogP contribution is 2.25. The topological polar surface area (TPSA) is 44.1 Å². The molecule has 0 bridgehead atoms. The fourth-order valence-corrected chi connectivity index (χ4v) is 0.859. The van der Waals surface area contributed by atoms with Crippen LogP contribution in [0.4, 0.5) is 0 Å². The Balaban J connectivity index is 2.20. The zero-order chi connectivity index (χ0) is 7.40. The summed E-state index contributed by atoms with van der Waals surface area (Å²) in [4.78, 5) is 11.8. The maximum absolute atomic E-state index is 10.2. The van der Waals surface area contributed by atoms with Gasteiger partial charge in [-0.1, -0.05) is 0 Å². The van der Waals surface area contributed by atoms with E-state index in [4.69, 9.17) is 5.26 Å². The summed E-state index contributed by atoms with van der Waals surface area (Å²) in [5.41, 5.74) is 0. The fourth-order valence-electron chi connectivity index (χ4n) is 0.859. The first-order valence-corrected chi connectivity index (χ1v) is 3.40. The van der Waals surface area contributed by atoms with E-state index in [1.54, 1.807) is 4.90 Å². The van der Waals surface area contributed by atoms with E-state index in [9.17, 15) is 4.79 Å². The van der Waals surface area contributed by atoms with E-state index in [0.29, 0.717) is 19.0 Å². The zero-order valence-electron chi connectivity index (χ0n) is 5.71. The summed E-state index contributed by atoms with van der Waals surface area (Å²) in [6.45, 7) is 0.546. The monoisotopic (exact) mass is 137 g/mol. The SMILES string of the molecule is N#CCCN([C]=O)C1CC1. The molecule has 53 valence electrons. The lowest BCUT2D eigenvalue weighted by atomic mass is 10.4. The Morgan fingerprint density at radius 2 is 2.30 bits per heavy atom. The highest BCUT2D eigenvalue weighted by Gasteiger charge is 2.27. The maximum Gasteiger partial charge on any atom is 0.312 e. The minimum Gasteiger partial charge on any atom is -0.330 e. The number of nitrogens with zero attached hydrogens (tertiary/aromatic N) is 2. The Labute approximate surface area is 60.2 Å². The van der Waals surface area contributed by atoms with Crippen molar-refractivity contribution in [3.63, 3.8) is 0 Å². The minimum absolute atomic E-state index is 0.394. The summed E-state index contributed by atoms with van der Waals surface area (Å²) in [7, 11) is 0. The van der Waals surface area contributed by atoms with Crippen LogP contribution in [0.3, 0.4) is 0 Å². The second kappa shape index (κ2) is 3.21. The van der Waals surface area contributed by atoms with Crippen LogP contribution < -0.4 is 0 Å². The Morgan fingerprint density at radius 1 is 1.60 bits per heavy atom. The first kappa shape index (κ1) is 7.07. The second-order valence-electron chi connectivity index (χ2n) is 2.42. The number of nitriles is 1. The molecule has 0 atom stereocenters. The second-order valence-corrected chi connectivity index (χ2v) is 2.42. The molecule has 0 heterocycles. The number of hydrogen-bond acceptors (Lipinski definition) is 2. The van der Waals surface area contributed by atoms with Crippen molar-refractivity contribution in [1.82, 2.24) is 4.90 Å². The van der Waals surface area contributed by atoms with Gasteiger partial charge in [0.05, 0.1) is 12.5 Å². The molecule has 1 amide bonds. The van der Waals surface area contributed by atoms with Crippen molar-refractivity contribution in [1.29, 1.82) is 5.26 Å². The predicted octanol–water partition coefficient (Wildman–Crippen LogP) is 0.432. The summed E-state index contributed by atoms with van der Waals surface area (Å²) in [6.07, 6.45) is 4.42. The van der Waals surface area contributed by atoms with E-state index in [1.165, 1.54) is 0 Å². The molecular formula is C7H9N2O. The molecule has 1 aliphatic rings. The largest absolute Gasteiger partial charge is 0.330 e. The van der Waals surface area contributed by atoms with Crippen LogP contribution in [-0.2, 0) is 4.79 Å². The van der Waals surface area contributed by atoms with Crippen molar-refractivity contribution in [2.75, 3.05) is 6.54 Å². The van der Waals surface area contributed by atoms with Crippen LogP contribution in [0.2, 0.25) is 0 Å². The van der Waals surface area contributed by atoms with Gasteiger partial charge in [0.2, 0.25) is 0 Å². The fraction of sp³-hybridized carbons (Fsp3) is 0.714. The van der Waals surface area contributed by atoms with E-state index in [0.717, 1.165) is 12.8 Å². The smallest absolute Gasteiger partial charge is 0.312 e.